The van der Waals surface area contributed by atoms with E-state index in [2.05, 4.69) is 26.1 Å². The molecule has 2 aliphatic rings. The van der Waals surface area contributed by atoms with Gasteiger partial charge in [-0.25, -0.2) is 0 Å². The Morgan fingerprint density at radius 2 is 2.13 bits per heavy atom. The molecular formula is C13H23NO. The maximum absolute atomic E-state index is 11.6. The zero-order valence-electron chi connectivity index (χ0n) is 10.2. The lowest BCUT2D eigenvalue weighted by molar-refractivity contribution is -0.120. The molecule has 2 heteroatoms. The summed E-state index contributed by atoms with van der Waals surface area (Å²) >= 11 is 0. The maximum atomic E-state index is 11.6. The highest BCUT2D eigenvalue weighted by Crippen LogP contribution is 2.52. The summed E-state index contributed by atoms with van der Waals surface area (Å²) in [6, 6.07) is 0.435. The van der Waals surface area contributed by atoms with Crippen LogP contribution in [0.25, 0.3) is 0 Å². The second kappa shape index (κ2) is 3.50. The number of carbonyl (C=O) groups excluding carboxylic acids is 1. The Kier molecular flexibility index (Phi) is 2.56. The molecule has 1 spiro atoms. The minimum atomic E-state index is 0.277. The summed E-state index contributed by atoms with van der Waals surface area (Å²) in [6.07, 6.45) is 6.93. The molecule has 1 saturated heterocycles. The number of rotatable bonds is 1. The summed E-state index contributed by atoms with van der Waals surface area (Å²) in [4.78, 5) is 11.6. The van der Waals surface area contributed by atoms with Gasteiger partial charge < -0.3 is 5.32 Å². The second-order valence-corrected chi connectivity index (χ2v) is 6.26. The van der Waals surface area contributed by atoms with Gasteiger partial charge in [0.15, 0.2) is 0 Å². The van der Waals surface area contributed by atoms with Crippen LogP contribution in [-0.4, -0.2) is 11.9 Å². The first-order valence-electron chi connectivity index (χ1n) is 6.27. The molecule has 86 valence electrons. The Morgan fingerprint density at radius 3 is 2.73 bits per heavy atom. The van der Waals surface area contributed by atoms with Gasteiger partial charge >= 0.3 is 0 Å². The van der Waals surface area contributed by atoms with Crippen molar-refractivity contribution in [2.45, 2.75) is 65.3 Å². The predicted octanol–water partition coefficient (Wildman–Crippen LogP) is 2.87. The molecule has 1 heterocycles. The fourth-order valence-corrected chi connectivity index (χ4v) is 3.87. The highest BCUT2D eigenvalue weighted by atomic mass is 16.2. The number of nitrogens with one attached hydrogen (secondary N) is 1. The molecule has 0 aromatic rings. The van der Waals surface area contributed by atoms with Crippen LogP contribution >= 0.6 is 0 Å². The van der Waals surface area contributed by atoms with E-state index in [4.69, 9.17) is 0 Å². The summed E-state index contributed by atoms with van der Waals surface area (Å²) in [6.45, 7) is 6.90. The highest BCUT2D eigenvalue weighted by Gasteiger charge is 2.50. The monoisotopic (exact) mass is 209 g/mol. The smallest absolute Gasteiger partial charge is 0.220 e. The van der Waals surface area contributed by atoms with Gasteiger partial charge in [0.2, 0.25) is 5.91 Å². The summed E-state index contributed by atoms with van der Waals surface area (Å²) in [5, 5.41) is 3.16. The molecule has 1 aliphatic carbocycles. The highest BCUT2D eigenvalue weighted by molar-refractivity contribution is 5.80. The lowest BCUT2D eigenvalue weighted by Gasteiger charge is -2.45. The van der Waals surface area contributed by atoms with Crippen molar-refractivity contribution in [3.05, 3.63) is 0 Å². The lowest BCUT2D eigenvalue weighted by Crippen LogP contribution is -2.42. The summed E-state index contributed by atoms with van der Waals surface area (Å²) < 4.78 is 0. The molecule has 2 fully saturated rings. The third kappa shape index (κ3) is 1.91. The minimum absolute atomic E-state index is 0.277. The normalized spacial score (nSPS) is 39.4. The van der Waals surface area contributed by atoms with Gasteiger partial charge in [0.05, 0.1) is 0 Å². The van der Waals surface area contributed by atoms with Gasteiger partial charge in [0.1, 0.15) is 0 Å². The number of carbonyl (C=O) groups is 1. The predicted molar refractivity (Wildman–Crippen MR) is 61.5 cm³/mol. The summed E-state index contributed by atoms with van der Waals surface area (Å²) in [7, 11) is 0. The third-order valence-corrected chi connectivity index (χ3v) is 4.35. The summed E-state index contributed by atoms with van der Waals surface area (Å²) in [5.74, 6) is 0.277. The van der Waals surface area contributed by atoms with E-state index >= 15 is 0 Å². The van der Waals surface area contributed by atoms with Gasteiger partial charge in [0, 0.05) is 12.5 Å². The molecule has 2 unspecified atom stereocenters. The van der Waals surface area contributed by atoms with Gasteiger partial charge in [-0.15, -0.1) is 0 Å². The second-order valence-electron chi connectivity index (χ2n) is 6.26. The van der Waals surface area contributed by atoms with Crippen molar-refractivity contribution in [3.63, 3.8) is 0 Å². The van der Waals surface area contributed by atoms with E-state index < -0.39 is 0 Å². The van der Waals surface area contributed by atoms with Crippen molar-refractivity contribution < 1.29 is 4.79 Å². The summed E-state index contributed by atoms with van der Waals surface area (Å²) in [5.41, 5.74) is 0.714. The number of hydrogen-bond acceptors (Lipinski definition) is 1. The Bertz CT molecular complexity index is 272. The van der Waals surface area contributed by atoms with Crippen molar-refractivity contribution in [2.24, 2.45) is 10.8 Å². The molecule has 1 N–H and O–H groups in total. The van der Waals surface area contributed by atoms with Crippen molar-refractivity contribution in [1.82, 2.24) is 5.32 Å². The van der Waals surface area contributed by atoms with Crippen LogP contribution in [0.5, 0.6) is 0 Å². The Labute approximate surface area is 92.8 Å². The van der Waals surface area contributed by atoms with Crippen LogP contribution in [0, 0.1) is 10.8 Å². The van der Waals surface area contributed by atoms with Crippen LogP contribution in [0.4, 0.5) is 0 Å². The van der Waals surface area contributed by atoms with Crippen molar-refractivity contribution in [3.8, 4) is 0 Å². The largest absolute Gasteiger partial charge is 0.353 e. The van der Waals surface area contributed by atoms with E-state index in [1.165, 1.54) is 25.7 Å². The molecule has 2 rings (SSSR count). The van der Waals surface area contributed by atoms with Gasteiger partial charge in [-0.3, -0.25) is 4.79 Å². The fourth-order valence-electron chi connectivity index (χ4n) is 3.87. The standard InChI is InChI=1S/C13H23NO/c1-4-10-13(8-11(15)14-10)7-5-6-12(2,3)9-13/h10H,4-9H2,1-3H3,(H,14,15). The fraction of sp³-hybridized carbons (Fsp3) is 0.923. The SMILES string of the molecule is CCC1NC(=O)CC12CCCC(C)(C)C2. The first-order chi connectivity index (χ1) is 6.97. The van der Waals surface area contributed by atoms with E-state index in [-0.39, 0.29) is 11.3 Å². The topological polar surface area (TPSA) is 29.1 Å². The van der Waals surface area contributed by atoms with Crippen LogP contribution in [0.1, 0.15) is 59.3 Å². The van der Waals surface area contributed by atoms with Crippen molar-refractivity contribution >= 4 is 5.91 Å². The van der Waals surface area contributed by atoms with E-state index in [1.54, 1.807) is 0 Å². The quantitative estimate of drug-likeness (QED) is 0.707. The third-order valence-electron chi connectivity index (χ3n) is 4.35. The number of amides is 1. The van der Waals surface area contributed by atoms with Gasteiger partial charge in [-0.05, 0) is 36.5 Å². The van der Waals surface area contributed by atoms with Crippen LogP contribution in [0.2, 0.25) is 0 Å². The van der Waals surface area contributed by atoms with Gasteiger partial charge in [-0.2, -0.15) is 0 Å². The van der Waals surface area contributed by atoms with E-state index in [9.17, 15) is 4.79 Å². The Hall–Kier alpha value is -0.530. The van der Waals surface area contributed by atoms with Crippen LogP contribution in [0.15, 0.2) is 0 Å². The molecule has 0 bridgehead atoms. The average molecular weight is 209 g/mol. The Balaban J connectivity index is 2.20. The van der Waals surface area contributed by atoms with Crippen molar-refractivity contribution in [2.75, 3.05) is 0 Å². The first kappa shape index (κ1) is 11.0. The molecule has 1 saturated carbocycles. The molecule has 2 nitrogen and oxygen atoms in total. The minimum Gasteiger partial charge on any atom is -0.353 e. The number of hydrogen-bond donors (Lipinski definition) is 1. The van der Waals surface area contributed by atoms with Crippen LogP contribution in [0.3, 0.4) is 0 Å². The average Bonchev–Trinajstić information content (AvgIpc) is 2.39. The Morgan fingerprint density at radius 1 is 1.40 bits per heavy atom. The lowest BCUT2D eigenvalue weighted by atomic mass is 9.60. The van der Waals surface area contributed by atoms with E-state index in [0.717, 1.165) is 12.8 Å². The molecule has 2 atom stereocenters. The van der Waals surface area contributed by atoms with E-state index in [0.29, 0.717) is 11.5 Å². The maximum Gasteiger partial charge on any atom is 0.220 e. The van der Waals surface area contributed by atoms with Gasteiger partial charge in [-0.1, -0.05) is 27.2 Å². The molecule has 15 heavy (non-hydrogen) atoms. The molecule has 0 radical (unpaired) electrons. The van der Waals surface area contributed by atoms with Crippen LogP contribution in [-0.2, 0) is 4.79 Å². The molecule has 0 aromatic carbocycles. The van der Waals surface area contributed by atoms with Crippen LogP contribution < -0.4 is 5.32 Å². The van der Waals surface area contributed by atoms with E-state index in [1.807, 2.05) is 0 Å². The zero-order valence-corrected chi connectivity index (χ0v) is 10.2. The zero-order chi connectivity index (χ0) is 11.1. The first-order valence-corrected chi connectivity index (χ1v) is 6.27. The van der Waals surface area contributed by atoms with Crippen molar-refractivity contribution in [1.29, 1.82) is 0 Å². The van der Waals surface area contributed by atoms with Gasteiger partial charge in [0.25, 0.3) is 0 Å². The molecule has 0 aromatic heterocycles. The molecule has 1 aliphatic heterocycles. The molecule has 1 amide bonds. The molecular weight excluding hydrogens is 186 g/mol.